The number of nitrogens with zero attached hydrogens (tertiary/aromatic N) is 3. The van der Waals surface area contributed by atoms with Gasteiger partial charge in [-0.1, -0.05) is 66.7 Å². The molecule has 0 bridgehead atoms. The van der Waals surface area contributed by atoms with Crippen LogP contribution < -0.4 is 0 Å². The highest BCUT2D eigenvalue weighted by molar-refractivity contribution is 6.29. The van der Waals surface area contributed by atoms with Gasteiger partial charge in [-0.15, -0.1) is 0 Å². The van der Waals surface area contributed by atoms with E-state index in [0.717, 1.165) is 66.2 Å². The van der Waals surface area contributed by atoms with E-state index < -0.39 is 0 Å². The maximum absolute atomic E-state index is 6.41. The second kappa shape index (κ2) is 7.66. The molecule has 5 aromatic carbocycles. The first kappa shape index (κ1) is 20.5. The Morgan fingerprint density at radius 3 is 2.19 bits per heavy atom. The molecule has 0 atom stereocenters. The summed E-state index contributed by atoms with van der Waals surface area (Å²) in [5.41, 5.74) is 7.78. The third-order valence-electron chi connectivity index (χ3n) is 7.16. The zero-order valence-corrected chi connectivity index (χ0v) is 20.3. The Morgan fingerprint density at radius 2 is 1.32 bits per heavy atom. The highest BCUT2D eigenvalue weighted by atomic mass is 35.5. The number of hydrogen-bond donors (Lipinski definition) is 0. The van der Waals surface area contributed by atoms with Crippen molar-refractivity contribution in [1.82, 2.24) is 14.5 Å². The Bertz CT molecular complexity index is 2160. The fourth-order valence-corrected chi connectivity index (χ4v) is 5.73. The van der Waals surface area contributed by atoms with Crippen LogP contribution in [0.1, 0.15) is 0 Å². The fourth-order valence-electron chi connectivity index (χ4n) is 5.55. The maximum atomic E-state index is 6.41. The number of hydrogen-bond acceptors (Lipinski definition) is 3. The van der Waals surface area contributed by atoms with Gasteiger partial charge in [-0.2, -0.15) is 0 Å². The predicted octanol–water partition coefficient (Wildman–Crippen LogP) is 8.95. The molecule has 8 rings (SSSR count). The molecule has 4 nitrogen and oxygen atoms in total. The molecule has 3 heterocycles. The fraction of sp³-hybridized carbons (Fsp3) is 0. The van der Waals surface area contributed by atoms with Crippen molar-refractivity contribution in [3.63, 3.8) is 0 Å². The van der Waals surface area contributed by atoms with Gasteiger partial charge in [0, 0.05) is 32.8 Å². The number of rotatable bonds is 2. The van der Waals surface area contributed by atoms with Gasteiger partial charge in [0.1, 0.15) is 11.2 Å². The van der Waals surface area contributed by atoms with E-state index in [1.54, 1.807) is 0 Å². The number of halogens is 1. The molecule has 0 spiro atoms. The molecule has 5 heteroatoms. The Kier molecular flexibility index (Phi) is 4.25. The molecule has 0 saturated carbocycles. The second-order valence-corrected chi connectivity index (χ2v) is 9.53. The van der Waals surface area contributed by atoms with Gasteiger partial charge in [0.2, 0.25) is 5.28 Å². The van der Waals surface area contributed by atoms with Gasteiger partial charge in [0.05, 0.1) is 27.6 Å². The lowest BCUT2D eigenvalue weighted by molar-refractivity contribution is 0.673. The van der Waals surface area contributed by atoms with Crippen LogP contribution >= 0.6 is 11.6 Å². The van der Waals surface area contributed by atoms with Crippen LogP contribution in [0.5, 0.6) is 0 Å². The first-order valence-electron chi connectivity index (χ1n) is 12.1. The minimum atomic E-state index is 0.245. The number of para-hydroxylation sites is 3. The molecular weight excluding hydrogens is 478 g/mol. The summed E-state index contributed by atoms with van der Waals surface area (Å²) in [6.07, 6.45) is 0. The molecule has 0 radical (unpaired) electrons. The molecule has 3 aromatic heterocycles. The van der Waals surface area contributed by atoms with Crippen LogP contribution in [0.4, 0.5) is 0 Å². The van der Waals surface area contributed by atoms with Crippen molar-refractivity contribution >= 4 is 66.2 Å². The van der Waals surface area contributed by atoms with E-state index in [1.165, 1.54) is 5.39 Å². The van der Waals surface area contributed by atoms with Gasteiger partial charge in [-0.05, 0) is 54.1 Å². The monoisotopic (exact) mass is 495 g/mol. The van der Waals surface area contributed by atoms with Crippen LogP contribution in [0.15, 0.2) is 114 Å². The third kappa shape index (κ3) is 2.97. The zero-order chi connectivity index (χ0) is 24.5. The standard InChI is InChI=1S/C32H18ClN3O/c33-32-34-25-10-4-1-8-23(25)30(35-32)19-13-15-20(16-14-19)36-26-11-5-2-9-24(26)29-27(36)18-17-22-21-7-3-6-12-28(21)37-31(22)29/h1-18H. The minimum Gasteiger partial charge on any atom is -0.455 e. The highest BCUT2D eigenvalue weighted by Crippen LogP contribution is 2.40. The van der Waals surface area contributed by atoms with Gasteiger partial charge >= 0.3 is 0 Å². The Hall–Kier alpha value is -4.67. The minimum absolute atomic E-state index is 0.245. The molecule has 174 valence electrons. The normalized spacial score (nSPS) is 11.9. The van der Waals surface area contributed by atoms with Crippen LogP contribution in [0.3, 0.4) is 0 Å². The smallest absolute Gasteiger partial charge is 0.223 e. The SMILES string of the molecule is Clc1nc(-c2ccc(-n3c4ccccc4c4c5oc6ccccc6c5ccc43)cc2)c2ccccc2n1. The van der Waals surface area contributed by atoms with E-state index in [0.29, 0.717) is 0 Å². The first-order chi connectivity index (χ1) is 18.3. The van der Waals surface area contributed by atoms with E-state index in [4.69, 9.17) is 16.0 Å². The summed E-state index contributed by atoms with van der Waals surface area (Å²) in [6, 6.07) is 37.5. The van der Waals surface area contributed by atoms with E-state index in [1.807, 2.05) is 36.4 Å². The average Bonchev–Trinajstić information content (AvgIpc) is 3.48. The highest BCUT2D eigenvalue weighted by Gasteiger charge is 2.18. The second-order valence-electron chi connectivity index (χ2n) is 9.19. The molecule has 8 aromatic rings. The van der Waals surface area contributed by atoms with Crippen molar-refractivity contribution in [1.29, 1.82) is 0 Å². The average molecular weight is 496 g/mol. The summed E-state index contributed by atoms with van der Waals surface area (Å²) in [6.45, 7) is 0. The summed E-state index contributed by atoms with van der Waals surface area (Å²) in [7, 11) is 0. The van der Waals surface area contributed by atoms with Crippen molar-refractivity contribution < 1.29 is 4.42 Å². The molecule has 37 heavy (non-hydrogen) atoms. The van der Waals surface area contributed by atoms with Crippen molar-refractivity contribution in [2.45, 2.75) is 0 Å². The Labute approximate surface area is 216 Å². The first-order valence-corrected chi connectivity index (χ1v) is 12.5. The van der Waals surface area contributed by atoms with Crippen molar-refractivity contribution in [2.75, 3.05) is 0 Å². The summed E-state index contributed by atoms with van der Waals surface area (Å²) in [4.78, 5) is 8.92. The Balaban J connectivity index is 1.37. The summed E-state index contributed by atoms with van der Waals surface area (Å²) >= 11 is 6.26. The number of benzene rings is 5. The Morgan fingerprint density at radius 1 is 0.595 bits per heavy atom. The molecule has 0 N–H and O–H groups in total. The van der Waals surface area contributed by atoms with Gasteiger partial charge < -0.3 is 8.98 Å². The van der Waals surface area contributed by atoms with Crippen molar-refractivity contribution in [2.24, 2.45) is 0 Å². The lowest BCUT2D eigenvalue weighted by Crippen LogP contribution is -1.95. The van der Waals surface area contributed by atoms with E-state index in [9.17, 15) is 0 Å². The molecule has 0 fully saturated rings. The van der Waals surface area contributed by atoms with Crippen molar-refractivity contribution in [3.8, 4) is 16.9 Å². The molecule has 0 aliphatic rings. The predicted molar refractivity (Wildman–Crippen MR) is 152 cm³/mol. The van der Waals surface area contributed by atoms with Gasteiger partial charge in [-0.25, -0.2) is 9.97 Å². The third-order valence-corrected chi connectivity index (χ3v) is 7.32. The van der Waals surface area contributed by atoms with Gasteiger partial charge in [0.15, 0.2) is 0 Å². The molecule has 0 aliphatic carbocycles. The number of furan rings is 1. The van der Waals surface area contributed by atoms with E-state index in [2.05, 4.69) is 87.3 Å². The van der Waals surface area contributed by atoms with E-state index >= 15 is 0 Å². The van der Waals surface area contributed by atoms with Crippen LogP contribution in [0.25, 0.3) is 71.6 Å². The van der Waals surface area contributed by atoms with Crippen LogP contribution in [-0.2, 0) is 0 Å². The summed E-state index contributed by atoms with van der Waals surface area (Å²) in [5.74, 6) is 0. The van der Waals surface area contributed by atoms with E-state index in [-0.39, 0.29) is 5.28 Å². The molecule has 0 saturated heterocycles. The van der Waals surface area contributed by atoms with Crippen molar-refractivity contribution in [3.05, 3.63) is 114 Å². The maximum Gasteiger partial charge on any atom is 0.223 e. The topological polar surface area (TPSA) is 43.9 Å². The quantitative estimate of drug-likeness (QED) is 0.225. The van der Waals surface area contributed by atoms with Gasteiger partial charge in [0.25, 0.3) is 0 Å². The zero-order valence-electron chi connectivity index (χ0n) is 19.5. The molecule has 0 unspecified atom stereocenters. The lowest BCUT2D eigenvalue weighted by atomic mass is 10.1. The largest absolute Gasteiger partial charge is 0.455 e. The summed E-state index contributed by atoms with van der Waals surface area (Å²) in [5, 5.41) is 5.78. The van der Waals surface area contributed by atoms with Gasteiger partial charge in [-0.3, -0.25) is 0 Å². The summed E-state index contributed by atoms with van der Waals surface area (Å²) < 4.78 is 8.71. The molecular formula is C32H18ClN3O. The number of fused-ring (bicyclic) bond motifs is 8. The van der Waals surface area contributed by atoms with Crippen LogP contribution in [0.2, 0.25) is 5.28 Å². The number of aromatic nitrogens is 3. The van der Waals surface area contributed by atoms with Crippen LogP contribution in [-0.4, -0.2) is 14.5 Å². The van der Waals surface area contributed by atoms with Crippen LogP contribution in [0, 0.1) is 0 Å². The lowest BCUT2D eigenvalue weighted by Gasteiger charge is -2.10. The molecule has 0 aliphatic heterocycles. The molecule has 0 amide bonds.